The molecule has 0 aliphatic carbocycles. The van der Waals surface area contributed by atoms with Crippen molar-refractivity contribution in [2.45, 2.75) is 32.4 Å². The minimum absolute atomic E-state index is 0.280. The van der Waals surface area contributed by atoms with Gasteiger partial charge in [0.05, 0.1) is 13.1 Å². The first kappa shape index (κ1) is 13.1. The van der Waals surface area contributed by atoms with Gasteiger partial charge in [-0.05, 0) is 6.42 Å². The Morgan fingerprint density at radius 2 is 2.31 bits per heavy atom. The zero-order chi connectivity index (χ0) is 12.0. The van der Waals surface area contributed by atoms with Crippen molar-refractivity contribution in [3.8, 4) is 0 Å². The summed E-state index contributed by atoms with van der Waals surface area (Å²) in [5.41, 5.74) is 0. The van der Waals surface area contributed by atoms with Gasteiger partial charge in [0.15, 0.2) is 0 Å². The van der Waals surface area contributed by atoms with Gasteiger partial charge in [0.2, 0.25) is 0 Å². The average Bonchev–Trinajstić information content (AvgIpc) is 2.66. The number of rotatable bonds is 7. The Hall–Kier alpha value is -1.01. The molecule has 0 aromatic carbocycles. The van der Waals surface area contributed by atoms with Crippen molar-refractivity contribution >= 4 is 0 Å². The number of aromatic nitrogens is 2. The summed E-state index contributed by atoms with van der Waals surface area (Å²) in [6.07, 6.45) is 4.44. The predicted molar refractivity (Wildman–Crippen MR) is 56.3 cm³/mol. The van der Waals surface area contributed by atoms with E-state index in [0.717, 1.165) is 18.8 Å². The van der Waals surface area contributed by atoms with Crippen LogP contribution in [0.4, 0.5) is 8.78 Å². The van der Waals surface area contributed by atoms with Gasteiger partial charge in [0, 0.05) is 18.9 Å². The smallest absolute Gasteiger partial charge is 0.282 e. The number of halogens is 2. The van der Waals surface area contributed by atoms with Crippen LogP contribution in [0.2, 0.25) is 0 Å². The molecule has 1 heterocycles. The Morgan fingerprint density at radius 1 is 1.56 bits per heavy atom. The molecule has 1 rings (SSSR count). The molecule has 0 bridgehead atoms. The Morgan fingerprint density at radius 3 is 2.94 bits per heavy atom. The van der Waals surface area contributed by atoms with E-state index >= 15 is 0 Å². The van der Waals surface area contributed by atoms with Crippen molar-refractivity contribution in [1.82, 2.24) is 14.9 Å². The number of nitrogens with zero attached hydrogens (tertiary/aromatic N) is 2. The fourth-order valence-electron chi connectivity index (χ4n) is 1.36. The molecule has 0 spiro atoms. The van der Waals surface area contributed by atoms with Gasteiger partial charge in [-0.25, -0.2) is 13.8 Å². The second-order valence-corrected chi connectivity index (χ2v) is 3.65. The summed E-state index contributed by atoms with van der Waals surface area (Å²) in [5.74, 6) is -2.34. The SMILES string of the molecule is CCCn1ccnc1CNCC(F)(F)CO. The minimum atomic E-state index is -3.07. The third-order valence-corrected chi connectivity index (χ3v) is 2.16. The van der Waals surface area contributed by atoms with Crippen LogP contribution in [0.15, 0.2) is 12.4 Å². The molecule has 0 unspecified atom stereocenters. The predicted octanol–water partition coefficient (Wildman–Crippen LogP) is 1.01. The Labute approximate surface area is 93.3 Å². The number of alkyl halides is 2. The quantitative estimate of drug-likeness (QED) is 0.739. The van der Waals surface area contributed by atoms with E-state index in [1.165, 1.54) is 0 Å². The van der Waals surface area contributed by atoms with E-state index in [1.807, 2.05) is 17.7 Å². The Kier molecular flexibility index (Phi) is 4.82. The Balaban J connectivity index is 2.39. The van der Waals surface area contributed by atoms with Crippen LogP contribution in [0, 0.1) is 0 Å². The van der Waals surface area contributed by atoms with E-state index in [0.29, 0.717) is 0 Å². The lowest BCUT2D eigenvalue weighted by atomic mass is 10.3. The highest BCUT2D eigenvalue weighted by Gasteiger charge is 2.26. The van der Waals surface area contributed by atoms with Crippen LogP contribution in [0.25, 0.3) is 0 Å². The standard InChI is InChI=1S/C10H17F2N3O/c1-2-4-15-5-3-14-9(15)6-13-7-10(11,12)8-16/h3,5,13,16H,2,4,6-8H2,1H3. The number of aliphatic hydroxyl groups excluding tert-OH is 1. The molecule has 6 heteroatoms. The van der Waals surface area contributed by atoms with Gasteiger partial charge >= 0.3 is 0 Å². The average molecular weight is 233 g/mol. The summed E-state index contributed by atoms with van der Waals surface area (Å²) in [6.45, 7) is 1.47. The van der Waals surface area contributed by atoms with E-state index in [2.05, 4.69) is 10.3 Å². The number of hydrogen-bond acceptors (Lipinski definition) is 3. The molecule has 2 N–H and O–H groups in total. The van der Waals surface area contributed by atoms with E-state index < -0.39 is 19.1 Å². The molecule has 0 fully saturated rings. The monoisotopic (exact) mass is 233 g/mol. The van der Waals surface area contributed by atoms with E-state index in [4.69, 9.17) is 5.11 Å². The largest absolute Gasteiger partial charge is 0.390 e. The van der Waals surface area contributed by atoms with Crippen LogP contribution in [0.5, 0.6) is 0 Å². The fourth-order valence-corrected chi connectivity index (χ4v) is 1.36. The van der Waals surface area contributed by atoms with Gasteiger partial charge in [0.25, 0.3) is 5.92 Å². The lowest BCUT2D eigenvalue weighted by Gasteiger charge is -2.14. The van der Waals surface area contributed by atoms with Gasteiger partial charge in [-0.3, -0.25) is 0 Å². The van der Waals surface area contributed by atoms with Gasteiger partial charge in [-0.15, -0.1) is 0 Å². The number of aliphatic hydroxyl groups is 1. The third-order valence-electron chi connectivity index (χ3n) is 2.16. The molecule has 0 atom stereocenters. The van der Waals surface area contributed by atoms with E-state index in [-0.39, 0.29) is 6.54 Å². The zero-order valence-corrected chi connectivity index (χ0v) is 9.29. The van der Waals surface area contributed by atoms with Crippen molar-refractivity contribution in [1.29, 1.82) is 0 Å². The molecule has 0 amide bonds. The second kappa shape index (κ2) is 5.91. The Bertz CT molecular complexity index is 315. The van der Waals surface area contributed by atoms with Gasteiger partial charge < -0.3 is 15.0 Å². The molecular formula is C10H17F2N3O. The highest BCUT2D eigenvalue weighted by molar-refractivity contribution is 4.92. The first-order valence-corrected chi connectivity index (χ1v) is 5.28. The van der Waals surface area contributed by atoms with Crippen molar-refractivity contribution < 1.29 is 13.9 Å². The lowest BCUT2D eigenvalue weighted by Crippen LogP contribution is -2.36. The van der Waals surface area contributed by atoms with Crippen molar-refractivity contribution in [3.63, 3.8) is 0 Å². The molecule has 0 saturated heterocycles. The normalized spacial score (nSPS) is 12.0. The molecule has 0 aliphatic heterocycles. The van der Waals surface area contributed by atoms with Crippen LogP contribution in [0.3, 0.4) is 0 Å². The lowest BCUT2D eigenvalue weighted by molar-refractivity contribution is -0.0479. The molecule has 4 nitrogen and oxygen atoms in total. The summed E-state index contributed by atoms with van der Waals surface area (Å²) in [4.78, 5) is 4.07. The van der Waals surface area contributed by atoms with Crippen LogP contribution in [-0.4, -0.2) is 33.7 Å². The van der Waals surface area contributed by atoms with Crippen molar-refractivity contribution in [2.24, 2.45) is 0 Å². The summed E-state index contributed by atoms with van der Waals surface area (Å²) >= 11 is 0. The van der Waals surface area contributed by atoms with Gasteiger partial charge in [-0.2, -0.15) is 0 Å². The molecule has 92 valence electrons. The number of hydrogen-bond donors (Lipinski definition) is 2. The second-order valence-electron chi connectivity index (χ2n) is 3.65. The van der Waals surface area contributed by atoms with Crippen LogP contribution >= 0.6 is 0 Å². The highest BCUT2D eigenvalue weighted by atomic mass is 19.3. The number of nitrogens with one attached hydrogen (secondary N) is 1. The van der Waals surface area contributed by atoms with E-state index in [9.17, 15) is 8.78 Å². The number of imidazole rings is 1. The van der Waals surface area contributed by atoms with Gasteiger partial charge in [0.1, 0.15) is 12.4 Å². The van der Waals surface area contributed by atoms with Crippen molar-refractivity contribution in [3.05, 3.63) is 18.2 Å². The van der Waals surface area contributed by atoms with Crippen molar-refractivity contribution in [2.75, 3.05) is 13.2 Å². The maximum absolute atomic E-state index is 12.7. The molecule has 0 aliphatic rings. The third kappa shape index (κ3) is 3.86. The van der Waals surface area contributed by atoms with Gasteiger partial charge in [-0.1, -0.05) is 6.92 Å². The molecule has 1 aromatic heterocycles. The fraction of sp³-hybridized carbons (Fsp3) is 0.700. The van der Waals surface area contributed by atoms with Crippen LogP contribution in [-0.2, 0) is 13.1 Å². The molecular weight excluding hydrogens is 216 g/mol. The molecule has 1 aromatic rings. The van der Waals surface area contributed by atoms with E-state index in [1.54, 1.807) is 6.20 Å². The molecule has 0 radical (unpaired) electrons. The summed E-state index contributed by atoms with van der Waals surface area (Å²) < 4.78 is 27.3. The first-order valence-electron chi connectivity index (χ1n) is 5.28. The van der Waals surface area contributed by atoms with Crippen LogP contribution in [0.1, 0.15) is 19.2 Å². The topological polar surface area (TPSA) is 50.1 Å². The van der Waals surface area contributed by atoms with Crippen LogP contribution < -0.4 is 5.32 Å². The molecule has 16 heavy (non-hydrogen) atoms. The first-order chi connectivity index (χ1) is 7.59. The highest BCUT2D eigenvalue weighted by Crippen LogP contribution is 2.10. The minimum Gasteiger partial charge on any atom is -0.390 e. The maximum atomic E-state index is 12.7. The molecule has 0 saturated carbocycles. The zero-order valence-electron chi connectivity index (χ0n) is 9.29. The number of aryl methyl sites for hydroxylation is 1. The maximum Gasteiger partial charge on any atom is 0.282 e. The summed E-state index contributed by atoms with van der Waals surface area (Å²) in [7, 11) is 0. The summed E-state index contributed by atoms with van der Waals surface area (Å²) in [6, 6.07) is 0. The summed E-state index contributed by atoms with van der Waals surface area (Å²) in [5, 5.41) is 11.0.